The SMILES string of the molecule is CNCCN(C)C(C)C(=O)NC. The van der Waals surface area contributed by atoms with E-state index >= 15 is 0 Å². The van der Waals surface area contributed by atoms with Gasteiger partial charge in [-0.2, -0.15) is 0 Å². The molecule has 1 atom stereocenters. The van der Waals surface area contributed by atoms with Crippen LogP contribution in [-0.2, 0) is 4.79 Å². The van der Waals surface area contributed by atoms with Gasteiger partial charge >= 0.3 is 0 Å². The first kappa shape index (κ1) is 11.4. The number of hydrogen-bond acceptors (Lipinski definition) is 3. The summed E-state index contributed by atoms with van der Waals surface area (Å²) in [6, 6.07) is -0.0525. The molecule has 0 aliphatic heterocycles. The zero-order chi connectivity index (χ0) is 9.56. The maximum absolute atomic E-state index is 11.1. The van der Waals surface area contributed by atoms with E-state index in [2.05, 4.69) is 10.6 Å². The minimum Gasteiger partial charge on any atom is -0.358 e. The molecule has 1 unspecified atom stereocenters. The van der Waals surface area contributed by atoms with Gasteiger partial charge in [0.15, 0.2) is 0 Å². The molecule has 12 heavy (non-hydrogen) atoms. The maximum Gasteiger partial charge on any atom is 0.236 e. The number of carbonyl (C=O) groups excluding carboxylic acids is 1. The van der Waals surface area contributed by atoms with Crippen LogP contribution in [0, 0.1) is 0 Å². The van der Waals surface area contributed by atoms with Gasteiger partial charge in [0, 0.05) is 20.1 Å². The highest BCUT2D eigenvalue weighted by Crippen LogP contribution is 1.93. The molecule has 4 heteroatoms. The van der Waals surface area contributed by atoms with Crippen LogP contribution in [0.5, 0.6) is 0 Å². The summed E-state index contributed by atoms with van der Waals surface area (Å²) in [5, 5.41) is 5.66. The van der Waals surface area contributed by atoms with E-state index < -0.39 is 0 Å². The van der Waals surface area contributed by atoms with E-state index in [1.54, 1.807) is 7.05 Å². The van der Waals surface area contributed by atoms with Crippen molar-refractivity contribution in [1.82, 2.24) is 15.5 Å². The lowest BCUT2D eigenvalue weighted by Gasteiger charge is -2.22. The van der Waals surface area contributed by atoms with Gasteiger partial charge in [-0.05, 0) is 21.0 Å². The normalized spacial score (nSPS) is 13.1. The minimum absolute atomic E-state index is 0.0525. The van der Waals surface area contributed by atoms with Crippen molar-refractivity contribution in [2.75, 3.05) is 34.2 Å². The summed E-state index contributed by atoms with van der Waals surface area (Å²) in [6.45, 7) is 3.68. The lowest BCUT2D eigenvalue weighted by Crippen LogP contribution is -2.43. The van der Waals surface area contributed by atoms with Crippen molar-refractivity contribution in [3.8, 4) is 0 Å². The molecule has 0 aromatic rings. The van der Waals surface area contributed by atoms with Gasteiger partial charge in [-0.25, -0.2) is 0 Å². The Morgan fingerprint density at radius 1 is 1.50 bits per heavy atom. The van der Waals surface area contributed by atoms with Crippen molar-refractivity contribution in [2.45, 2.75) is 13.0 Å². The maximum atomic E-state index is 11.1. The van der Waals surface area contributed by atoms with Crippen LogP contribution in [0.4, 0.5) is 0 Å². The summed E-state index contributed by atoms with van der Waals surface area (Å²) in [5.74, 6) is 0.0635. The molecule has 0 fully saturated rings. The standard InChI is InChI=1S/C8H19N3O/c1-7(8(12)10-3)11(4)6-5-9-2/h7,9H,5-6H2,1-4H3,(H,10,12). The number of amides is 1. The second kappa shape index (κ2) is 5.97. The first-order valence-corrected chi connectivity index (χ1v) is 4.20. The van der Waals surface area contributed by atoms with E-state index in [0.717, 1.165) is 13.1 Å². The molecule has 2 N–H and O–H groups in total. The fourth-order valence-corrected chi connectivity index (χ4v) is 0.891. The molecule has 0 radical (unpaired) electrons. The van der Waals surface area contributed by atoms with Crippen molar-refractivity contribution in [3.63, 3.8) is 0 Å². The van der Waals surface area contributed by atoms with E-state index in [-0.39, 0.29) is 11.9 Å². The predicted octanol–water partition coefficient (Wildman–Crippen LogP) is -0.728. The Morgan fingerprint density at radius 2 is 2.08 bits per heavy atom. The number of nitrogens with one attached hydrogen (secondary N) is 2. The number of nitrogens with zero attached hydrogens (tertiary/aromatic N) is 1. The summed E-state index contributed by atoms with van der Waals surface area (Å²) in [7, 11) is 5.50. The van der Waals surface area contributed by atoms with Gasteiger partial charge in [-0.1, -0.05) is 0 Å². The molecular weight excluding hydrogens is 154 g/mol. The van der Waals surface area contributed by atoms with Crippen molar-refractivity contribution in [1.29, 1.82) is 0 Å². The average Bonchev–Trinajstić information content (AvgIpc) is 2.11. The van der Waals surface area contributed by atoms with Gasteiger partial charge in [0.05, 0.1) is 6.04 Å². The largest absolute Gasteiger partial charge is 0.358 e. The minimum atomic E-state index is -0.0525. The number of hydrogen-bond donors (Lipinski definition) is 2. The molecule has 0 spiro atoms. The third kappa shape index (κ3) is 3.69. The third-order valence-corrected chi connectivity index (χ3v) is 2.00. The number of likely N-dealkylation sites (N-methyl/N-ethyl adjacent to an activating group) is 3. The van der Waals surface area contributed by atoms with E-state index in [1.807, 2.05) is 25.9 Å². The number of rotatable bonds is 5. The Balaban J connectivity index is 3.75. The predicted molar refractivity (Wildman–Crippen MR) is 50.1 cm³/mol. The van der Waals surface area contributed by atoms with E-state index in [9.17, 15) is 4.79 Å². The highest BCUT2D eigenvalue weighted by molar-refractivity contribution is 5.80. The molecule has 72 valence electrons. The molecule has 0 heterocycles. The highest BCUT2D eigenvalue weighted by atomic mass is 16.2. The second-order valence-corrected chi connectivity index (χ2v) is 2.87. The Morgan fingerprint density at radius 3 is 2.50 bits per heavy atom. The zero-order valence-corrected chi connectivity index (χ0v) is 8.35. The zero-order valence-electron chi connectivity index (χ0n) is 8.35. The molecule has 0 saturated carbocycles. The molecule has 0 bridgehead atoms. The molecule has 0 saturated heterocycles. The fourth-order valence-electron chi connectivity index (χ4n) is 0.891. The van der Waals surface area contributed by atoms with Crippen molar-refractivity contribution < 1.29 is 4.79 Å². The Hall–Kier alpha value is -0.610. The first-order chi connectivity index (χ1) is 5.63. The summed E-state index contributed by atoms with van der Waals surface area (Å²) < 4.78 is 0. The van der Waals surface area contributed by atoms with Crippen LogP contribution in [-0.4, -0.2) is 51.1 Å². The molecule has 4 nitrogen and oxygen atoms in total. The van der Waals surface area contributed by atoms with Gasteiger partial charge in [-0.3, -0.25) is 9.69 Å². The monoisotopic (exact) mass is 173 g/mol. The van der Waals surface area contributed by atoms with Crippen LogP contribution in [0.1, 0.15) is 6.92 Å². The molecular formula is C8H19N3O. The summed E-state index contributed by atoms with van der Waals surface area (Å²) in [4.78, 5) is 13.2. The fraction of sp³-hybridized carbons (Fsp3) is 0.875. The van der Waals surface area contributed by atoms with Gasteiger partial charge in [0.2, 0.25) is 5.91 Å². The molecule has 0 aromatic heterocycles. The van der Waals surface area contributed by atoms with Crippen LogP contribution in [0.15, 0.2) is 0 Å². The van der Waals surface area contributed by atoms with Crippen LogP contribution in [0.2, 0.25) is 0 Å². The topological polar surface area (TPSA) is 44.4 Å². The summed E-state index contributed by atoms with van der Waals surface area (Å²) in [6.07, 6.45) is 0. The Kier molecular flexibility index (Phi) is 5.66. The quantitative estimate of drug-likeness (QED) is 0.576. The van der Waals surface area contributed by atoms with Crippen LogP contribution >= 0.6 is 0 Å². The summed E-state index contributed by atoms with van der Waals surface area (Å²) >= 11 is 0. The smallest absolute Gasteiger partial charge is 0.236 e. The van der Waals surface area contributed by atoms with Gasteiger partial charge in [0.25, 0.3) is 0 Å². The molecule has 0 aliphatic carbocycles. The highest BCUT2D eigenvalue weighted by Gasteiger charge is 2.15. The Labute approximate surface area is 74.3 Å². The van der Waals surface area contributed by atoms with Crippen molar-refractivity contribution >= 4 is 5.91 Å². The molecule has 0 aromatic carbocycles. The Bertz CT molecular complexity index is 138. The lowest BCUT2D eigenvalue weighted by molar-refractivity contribution is -0.124. The first-order valence-electron chi connectivity index (χ1n) is 4.20. The van der Waals surface area contributed by atoms with Crippen LogP contribution < -0.4 is 10.6 Å². The lowest BCUT2D eigenvalue weighted by atomic mass is 10.3. The molecule has 1 amide bonds. The van der Waals surface area contributed by atoms with Crippen molar-refractivity contribution in [2.24, 2.45) is 0 Å². The van der Waals surface area contributed by atoms with Gasteiger partial charge in [-0.15, -0.1) is 0 Å². The van der Waals surface area contributed by atoms with E-state index in [4.69, 9.17) is 0 Å². The van der Waals surface area contributed by atoms with E-state index in [0.29, 0.717) is 0 Å². The van der Waals surface area contributed by atoms with Gasteiger partial charge in [0.1, 0.15) is 0 Å². The third-order valence-electron chi connectivity index (χ3n) is 2.00. The van der Waals surface area contributed by atoms with Crippen LogP contribution in [0.3, 0.4) is 0 Å². The molecule has 0 aliphatic rings. The van der Waals surface area contributed by atoms with Gasteiger partial charge < -0.3 is 10.6 Å². The average molecular weight is 173 g/mol. The van der Waals surface area contributed by atoms with E-state index in [1.165, 1.54) is 0 Å². The second-order valence-electron chi connectivity index (χ2n) is 2.87. The molecule has 0 rings (SSSR count). The van der Waals surface area contributed by atoms with Crippen LogP contribution in [0.25, 0.3) is 0 Å². The number of carbonyl (C=O) groups is 1. The summed E-state index contributed by atoms with van der Waals surface area (Å²) in [5.41, 5.74) is 0. The van der Waals surface area contributed by atoms with Crippen molar-refractivity contribution in [3.05, 3.63) is 0 Å².